The van der Waals surface area contributed by atoms with Crippen molar-refractivity contribution in [2.45, 2.75) is 25.4 Å². The maximum atomic E-state index is 9.55. The summed E-state index contributed by atoms with van der Waals surface area (Å²) < 4.78 is 0. The molecular formula is C9H15NO2. The molecule has 12 heavy (non-hydrogen) atoms. The highest BCUT2D eigenvalue weighted by Gasteiger charge is 2.45. The standard InChI is InChI=1S/C9H15NO2/c10-6-1-5-2-9(12)8(4-11)7(5)3-6/h5,7-12H,1-4H2/t5?,7?,8-,9?/m1/s1. The van der Waals surface area contributed by atoms with Crippen molar-refractivity contribution in [2.75, 3.05) is 6.61 Å². The van der Waals surface area contributed by atoms with Crippen LogP contribution in [-0.2, 0) is 0 Å². The molecule has 3 N–H and O–H groups in total. The molecule has 3 nitrogen and oxygen atoms in total. The summed E-state index contributed by atoms with van der Waals surface area (Å²) >= 11 is 0. The minimum Gasteiger partial charge on any atom is -0.396 e. The monoisotopic (exact) mass is 169 g/mol. The predicted molar refractivity (Wildman–Crippen MR) is 45.1 cm³/mol. The van der Waals surface area contributed by atoms with Crippen molar-refractivity contribution in [3.63, 3.8) is 0 Å². The van der Waals surface area contributed by atoms with Crippen LogP contribution < -0.4 is 0 Å². The largest absolute Gasteiger partial charge is 0.396 e. The summed E-state index contributed by atoms with van der Waals surface area (Å²) in [5.74, 6) is 0.903. The van der Waals surface area contributed by atoms with E-state index < -0.39 is 0 Å². The Hall–Kier alpha value is -0.410. The van der Waals surface area contributed by atoms with Gasteiger partial charge in [-0.05, 0) is 31.1 Å². The van der Waals surface area contributed by atoms with Gasteiger partial charge >= 0.3 is 0 Å². The van der Waals surface area contributed by atoms with Gasteiger partial charge in [0.15, 0.2) is 0 Å². The Labute approximate surface area is 71.9 Å². The van der Waals surface area contributed by atoms with Gasteiger partial charge in [-0.25, -0.2) is 0 Å². The molecule has 0 saturated heterocycles. The van der Waals surface area contributed by atoms with Crippen LogP contribution in [0.25, 0.3) is 0 Å². The van der Waals surface area contributed by atoms with E-state index in [1.165, 1.54) is 0 Å². The van der Waals surface area contributed by atoms with Gasteiger partial charge in [-0.1, -0.05) is 0 Å². The first-order valence-corrected chi connectivity index (χ1v) is 4.57. The average Bonchev–Trinajstić information content (AvgIpc) is 2.43. The molecular weight excluding hydrogens is 154 g/mol. The smallest absolute Gasteiger partial charge is 0.0596 e. The lowest BCUT2D eigenvalue weighted by atomic mass is 9.92. The Kier molecular flexibility index (Phi) is 1.93. The molecule has 3 heteroatoms. The summed E-state index contributed by atoms with van der Waals surface area (Å²) in [6.07, 6.45) is 2.11. The summed E-state index contributed by atoms with van der Waals surface area (Å²) in [6.45, 7) is 0.0790. The van der Waals surface area contributed by atoms with Crippen LogP contribution in [0.1, 0.15) is 19.3 Å². The zero-order valence-corrected chi connectivity index (χ0v) is 7.03. The third-order valence-electron chi connectivity index (χ3n) is 3.40. The van der Waals surface area contributed by atoms with Crippen molar-refractivity contribution >= 4 is 5.71 Å². The second kappa shape index (κ2) is 2.82. The molecule has 0 aromatic rings. The van der Waals surface area contributed by atoms with E-state index in [-0.39, 0.29) is 18.6 Å². The zero-order valence-electron chi connectivity index (χ0n) is 7.03. The lowest BCUT2D eigenvalue weighted by molar-refractivity contribution is 0.0736. The number of rotatable bonds is 1. The second-order valence-electron chi connectivity index (χ2n) is 4.09. The molecule has 0 amide bonds. The lowest BCUT2D eigenvalue weighted by Gasteiger charge is -2.17. The molecule has 0 aliphatic heterocycles. The van der Waals surface area contributed by atoms with Crippen LogP contribution >= 0.6 is 0 Å². The average molecular weight is 169 g/mol. The van der Waals surface area contributed by atoms with E-state index in [1.807, 2.05) is 0 Å². The number of hydrogen-bond acceptors (Lipinski definition) is 3. The third-order valence-corrected chi connectivity index (χ3v) is 3.40. The minimum atomic E-state index is -0.321. The molecule has 68 valence electrons. The molecule has 2 rings (SSSR count). The van der Waals surface area contributed by atoms with Gasteiger partial charge in [-0.3, -0.25) is 0 Å². The Morgan fingerprint density at radius 3 is 2.83 bits per heavy atom. The van der Waals surface area contributed by atoms with Crippen LogP contribution in [0.3, 0.4) is 0 Å². The van der Waals surface area contributed by atoms with E-state index in [1.54, 1.807) is 0 Å². The first-order valence-electron chi connectivity index (χ1n) is 4.57. The van der Waals surface area contributed by atoms with Crippen LogP contribution in [0.15, 0.2) is 0 Å². The van der Waals surface area contributed by atoms with Crippen molar-refractivity contribution in [2.24, 2.45) is 17.8 Å². The fourth-order valence-corrected chi connectivity index (χ4v) is 2.79. The molecule has 3 unspecified atom stereocenters. The first-order chi connectivity index (χ1) is 5.72. The first kappa shape index (κ1) is 8.20. The van der Waals surface area contributed by atoms with Gasteiger partial charge in [0.05, 0.1) is 6.10 Å². The molecule has 0 bridgehead atoms. The Balaban J connectivity index is 2.11. The van der Waals surface area contributed by atoms with Crippen molar-refractivity contribution < 1.29 is 10.2 Å². The summed E-state index contributed by atoms with van der Waals surface area (Å²) in [4.78, 5) is 0. The maximum Gasteiger partial charge on any atom is 0.0596 e. The second-order valence-corrected chi connectivity index (χ2v) is 4.09. The van der Waals surface area contributed by atoms with Crippen LogP contribution in [0.4, 0.5) is 0 Å². The van der Waals surface area contributed by atoms with Crippen LogP contribution in [0.5, 0.6) is 0 Å². The molecule has 2 saturated carbocycles. The highest BCUT2D eigenvalue weighted by atomic mass is 16.3. The molecule has 0 spiro atoms. The van der Waals surface area contributed by atoms with Crippen molar-refractivity contribution in [3.05, 3.63) is 0 Å². The van der Waals surface area contributed by atoms with E-state index in [2.05, 4.69) is 0 Å². The molecule has 0 radical (unpaired) electrons. The van der Waals surface area contributed by atoms with E-state index in [4.69, 9.17) is 10.5 Å². The number of aliphatic hydroxyl groups is 2. The molecule has 2 aliphatic carbocycles. The van der Waals surface area contributed by atoms with Crippen LogP contribution in [0, 0.1) is 23.2 Å². The van der Waals surface area contributed by atoms with Gasteiger partial charge in [0.1, 0.15) is 0 Å². The SMILES string of the molecule is N=C1CC2CC(O)[C@H](CO)C2C1. The van der Waals surface area contributed by atoms with Gasteiger partial charge in [0.2, 0.25) is 0 Å². The highest BCUT2D eigenvalue weighted by molar-refractivity contribution is 5.84. The lowest BCUT2D eigenvalue weighted by Crippen LogP contribution is -2.23. The molecule has 0 aromatic carbocycles. The number of nitrogens with one attached hydrogen (secondary N) is 1. The van der Waals surface area contributed by atoms with Crippen LogP contribution in [-0.4, -0.2) is 28.6 Å². The van der Waals surface area contributed by atoms with Gasteiger partial charge in [-0.2, -0.15) is 0 Å². The van der Waals surface area contributed by atoms with Gasteiger partial charge in [0, 0.05) is 18.2 Å². The summed E-state index contributed by atoms with van der Waals surface area (Å²) in [5, 5.41) is 26.1. The molecule has 2 fully saturated rings. The molecule has 2 aliphatic rings. The topological polar surface area (TPSA) is 64.3 Å². The molecule has 0 heterocycles. The number of hydrogen-bond donors (Lipinski definition) is 3. The Morgan fingerprint density at radius 1 is 1.42 bits per heavy atom. The van der Waals surface area contributed by atoms with E-state index in [0.29, 0.717) is 11.8 Å². The normalized spacial score (nSPS) is 46.7. The van der Waals surface area contributed by atoms with Gasteiger partial charge in [0.25, 0.3) is 0 Å². The fourth-order valence-electron chi connectivity index (χ4n) is 2.79. The Morgan fingerprint density at radius 2 is 2.17 bits per heavy atom. The van der Waals surface area contributed by atoms with E-state index in [9.17, 15) is 5.11 Å². The fraction of sp³-hybridized carbons (Fsp3) is 0.889. The third kappa shape index (κ3) is 1.08. The van der Waals surface area contributed by atoms with Gasteiger partial charge < -0.3 is 15.6 Å². The summed E-state index contributed by atoms with van der Waals surface area (Å²) in [5.41, 5.74) is 0.801. The predicted octanol–water partition coefficient (Wildman–Crippen LogP) is 0.405. The summed E-state index contributed by atoms with van der Waals surface area (Å²) in [6, 6.07) is 0. The van der Waals surface area contributed by atoms with Gasteiger partial charge in [-0.15, -0.1) is 0 Å². The van der Waals surface area contributed by atoms with Crippen molar-refractivity contribution in [3.8, 4) is 0 Å². The Bertz CT molecular complexity index is 205. The zero-order chi connectivity index (χ0) is 8.72. The van der Waals surface area contributed by atoms with E-state index in [0.717, 1.165) is 25.0 Å². The quantitative estimate of drug-likeness (QED) is 0.532. The van der Waals surface area contributed by atoms with Crippen LogP contribution in [0.2, 0.25) is 0 Å². The van der Waals surface area contributed by atoms with Crippen molar-refractivity contribution in [1.82, 2.24) is 0 Å². The number of fused-ring (bicyclic) bond motifs is 1. The van der Waals surface area contributed by atoms with Crippen molar-refractivity contribution in [1.29, 1.82) is 5.41 Å². The highest BCUT2D eigenvalue weighted by Crippen LogP contribution is 2.45. The summed E-state index contributed by atoms with van der Waals surface area (Å²) in [7, 11) is 0. The maximum absolute atomic E-state index is 9.55. The van der Waals surface area contributed by atoms with E-state index >= 15 is 0 Å². The number of aliphatic hydroxyl groups excluding tert-OH is 2. The molecule has 0 aromatic heterocycles. The molecule has 4 atom stereocenters. The minimum absolute atomic E-state index is 0.0397.